The molecule has 0 bridgehead atoms. The molecule has 10 heavy (non-hydrogen) atoms. The second kappa shape index (κ2) is 3.52. The van der Waals surface area contributed by atoms with Crippen LogP contribution in [-0.4, -0.2) is 18.5 Å². The molecule has 0 aromatic rings. The topological polar surface area (TPSA) is 29.6 Å². The van der Waals surface area contributed by atoms with Crippen LogP contribution in [0.1, 0.15) is 19.8 Å². The van der Waals surface area contributed by atoms with E-state index in [1.165, 1.54) is 0 Å². The lowest BCUT2D eigenvalue weighted by Gasteiger charge is -1.81. The van der Waals surface area contributed by atoms with Crippen LogP contribution in [0.4, 0.5) is 0 Å². The molecule has 0 saturated carbocycles. The monoisotopic (exact) mass is 140 g/mol. The molecule has 1 saturated heterocycles. The summed E-state index contributed by atoms with van der Waals surface area (Å²) >= 11 is 0. The van der Waals surface area contributed by atoms with Crippen LogP contribution < -0.4 is 0 Å². The van der Waals surface area contributed by atoms with Gasteiger partial charge in [-0.05, 0) is 12.8 Å². The quantitative estimate of drug-likeness (QED) is 0.335. The zero-order valence-corrected chi connectivity index (χ0v) is 6.12. The van der Waals surface area contributed by atoms with Crippen molar-refractivity contribution in [3.63, 3.8) is 0 Å². The minimum absolute atomic E-state index is 0.110. The minimum atomic E-state index is -0.110. The lowest BCUT2D eigenvalue weighted by atomic mass is 10.2. The fourth-order valence-corrected chi connectivity index (χ4v) is 0.863. The van der Waals surface area contributed by atoms with Gasteiger partial charge >= 0.3 is 0 Å². The summed E-state index contributed by atoms with van der Waals surface area (Å²) in [6.07, 6.45) is 7.03. The lowest BCUT2D eigenvalue weighted by Crippen LogP contribution is -1.91. The second-order valence-electron chi connectivity index (χ2n) is 2.39. The maximum atomic E-state index is 10.1. The third-order valence-electron chi connectivity index (χ3n) is 1.53. The van der Waals surface area contributed by atoms with Gasteiger partial charge in [-0.3, -0.25) is 0 Å². The normalized spacial score (nSPS) is 30.9. The Hall–Kier alpha value is -0.630. The molecule has 0 aromatic carbocycles. The van der Waals surface area contributed by atoms with Crippen molar-refractivity contribution in [1.29, 1.82) is 0 Å². The van der Waals surface area contributed by atoms with Gasteiger partial charge in [-0.15, -0.1) is 0 Å². The molecular weight excluding hydrogens is 128 g/mol. The fraction of sp³-hybridized carbons (Fsp3) is 0.625. The third-order valence-corrected chi connectivity index (χ3v) is 1.53. The third kappa shape index (κ3) is 1.95. The maximum Gasteiger partial charge on any atom is 0.151 e. The number of carbonyl (C=O) groups excluding carboxylic acids is 1. The maximum absolute atomic E-state index is 10.1. The van der Waals surface area contributed by atoms with E-state index in [1.807, 2.05) is 0 Å². The van der Waals surface area contributed by atoms with Gasteiger partial charge in [0.15, 0.2) is 6.29 Å². The largest absolute Gasteiger partial charge is 0.361 e. The first-order chi connectivity index (χ1) is 4.88. The lowest BCUT2D eigenvalue weighted by molar-refractivity contribution is -0.108. The summed E-state index contributed by atoms with van der Waals surface area (Å²) < 4.78 is 4.99. The number of carbonyl (C=O) groups is 1. The number of epoxide rings is 1. The molecule has 2 heteroatoms. The second-order valence-corrected chi connectivity index (χ2v) is 2.39. The van der Waals surface area contributed by atoms with Crippen LogP contribution in [0.5, 0.6) is 0 Å². The average molecular weight is 140 g/mol. The predicted octanol–water partition coefficient (Wildman–Crippen LogP) is 1.31. The molecule has 0 aromatic heterocycles. The van der Waals surface area contributed by atoms with Crippen molar-refractivity contribution in [2.45, 2.75) is 32.0 Å². The Morgan fingerprint density at radius 2 is 2.30 bits per heavy atom. The van der Waals surface area contributed by atoms with Crippen LogP contribution in [0.15, 0.2) is 12.2 Å². The van der Waals surface area contributed by atoms with Gasteiger partial charge in [0.1, 0.15) is 6.10 Å². The molecule has 0 amide bonds. The Kier molecular flexibility index (Phi) is 2.63. The molecule has 2 atom stereocenters. The van der Waals surface area contributed by atoms with Gasteiger partial charge in [-0.2, -0.15) is 0 Å². The van der Waals surface area contributed by atoms with Gasteiger partial charge in [0.2, 0.25) is 0 Å². The number of ether oxygens (including phenoxy) is 1. The van der Waals surface area contributed by atoms with Gasteiger partial charge in [0.05, 0.1) is 6.10 Å². The first-order valence-corrected chi connectivity index (χ1v) is 3.64. The summed E-state index contributed by atoms with van der Waals surface area (Å²) in [5.41, 5.74) is 0. The number of rotatable bonds is 4. The van der Waals surface area contributed by atoms with Crippen LogP contribution in [0.3, 0.4) is 0 Å². The van der Waals surface area contributed by atoms with Crippen molar-refractivity contribution < 1.29 is 9.53 Å². The summed E-state index contributed by atoms with van der Waals surface area (Å²) in [6, 6.07) is 0. The molecule has 0 N–H and O–H groups in total. The molecule has 1 aliphatic rings. The average Bonchev–Trinajstić information content (AvgIpc) is 2.68. The van der Waals surface area contributed by atoms with Crippen molar-refractivity contribution in [3.05, 3.63) is 12.2 Å². The van der Waals surface area contributed by atoms with E-state index in [0.717, 1.165) is 19.1 Å². The summed E-state index contributed by atoms with van der Waals surface area (Å²) in [6.45, 7) is 2.08. The van der Waals surface area contributed by atoms with Gasteiger partial charge in [-0.1, -0.05) is 19.1 Å². The predicted molar refractivity (Wildman–Crippen MR) is 38.8 cm³/mol. The van der Waals surface area contributed by atoms with Crippen molar-refractivity contribution in [1.82, 2.24) is 0 Å². The van der Waals surface area contributed by atoms with E-state index in [2.05, 4.69) is 19.1 Å². The Labute approximate surface area is 60.9 Å². The number of hydrogen-bond acceptors (Lipinski definition) is 2. The Morgan fingerprint density at radius 1 is 1.50 bits per heavy atom. The number of aldehydes is 1. The Bertz CT molecular complexity index is 140. The molecule has 2 unspecified atom stereocenters. The van der Waals surface area contributed by atoms with Crippen molar-refractivity contribution in [3.8, 4) is 0 Å². The Balaban J connectivity index is 2.06. The van der Waals surface area contributed by atoms with Crippen LogP contribution in [0.25, 0.3) is 0 Å². The van der Waals surface area contributed by atoms with E-state index >= 15 is 0 Å². The van der Waals surface area contributed by atoms with E-state index in [9.17, 15) is 4.79 Å². The molecule has 1 fully saturated rings. The summed E-state index contributed by atoms with van der Waals surface area (Å²) in [7, 11) is 0. The van der Waals surface area contributed by atoms with Crippen LogP contribution in [-0.2, 0) is 9.53 Å². The Morgan fingerprint density at radius 3 is 2.80 bits per heavy atom. The zero-order valence-electron chi connectivity index (χ0n) is 6.12. The summed E-state index contributed by atoms with van der Waals surface area (Å²) in [5, 5.41) is 0. The van der Waals surface area contributed by atoms with E-state index in [-0.39, 0.29) is 12.2 Å². The molecule has 1 rings (SSSR count). The van der Waals surface area contributed by atoms with Gasteiger partial charge in [-0.25, -0.2) is 0 Å². The van der Waals surface area contributed by atoms with Crippen LogP contribution in [0.2, 0.25) is 0 Å². The fourth-order valence-electron chi connectivity index (χ4n) is 0.863. The molecule has 0 aliphatic carbocycles. The van der Waals surface area contributed by atoms with E-state index in [4.69, 9.17) is 4.74 Å². The van der Waals surface area contributed by atoms with Gasteiger partial charge in [0, 0.05) is 0 Å². The molecular formula is C8H12O2. The van der Waals surface area contributed by atoms with Crippen molar-refractivity contribution in [2.24, 2.45) is 0 Å². The van der Waals surface area contributed by atoms with Crippen molar-refractivity contribution >= 4 is 6.29 Å². The molecule has 2 nitrogen and oxygen atoms in total. The standard InChI is InChI=1S/C8H12O2/c1-2-3-4-5-7-8(6-9)10-7/h3-4,6-8H,2,5H2,1H3/b4-3+. The molecule has 56 valence electrons. The van der Waals surface area contributed by atoms with E-state index in [0.29, 0.717) is 0 Å². The van der Waals surface area contributed by atoms with E-state index in [1.54, 1.807) is 0 Å². The highest BCUT2D eigenvalue weighted by atomic mass is 16.6. The molecule has 1 aliphatic heterocycles. The highest BCUT2D eigenvalue weighted by molar-refractivity contribution is 5.60. The van der Waals surface area contributed by atoms with Gasteiger partial charge in [0.25, 0.3) is 0 Å². The number of allylic oxidation sites excluding steroid dienone is 1. The highest BCUT2D eigenvalue weighted by Gasteiger charge is 2.36. The van der Waals surface area contributed by atoms with Crippen LogP contribution >= 0.6 is 0 Å². The van der Waals surface area contributed by atoms with E-state index < -0.39 is 0 Å². The smallest absolute Gasteiger partial charge is 0.151 e. The molecule has 1 heterocycles. The number of hydrogen-bond donors (Lipinski definition) is 0. The highest BCUT2D eigenvalue weighted by Crippen LogP contribution is 2.23. The molecule has 0 radical (unpaired) electrons. The summed E-state index contributed by atoms with van der Waals surface area (Å²) in [4.78, 5) is 10.1. The zero-order chi connectivity index (χ0) is 7.40. The van der Waals surface area contributed by atoms with Crippen LogP contribution in [0, 0.1) is 0 Å². The SMILES string of the molecule is CC/C=C/CC1OC1C=O. The summed E-state index contributed by atoms with van der Waals surface area (Å²) in [5.74, 6) is 0. The molecule has 0 spiro atoms. The first-order valence-electron chi connectivity index (χ1n) is 3.64. The first kappa shape index (κ1) is 7.48. The van der Waals surface area contributed by atoms with Crippen molar-refractivity contribution in [2.75, 3.05) is 0 Å². The van der Waals surface area contributed by atoms with Gasteiger partial charge < -0.3 is 9.53 Å². The minimum Gasteiger partial charge on any atom is -0.361 e.